The molecule has 0 aliphatic carbocycles. The molecule has 64 valence electrons. The highest BCUT2D eigenvalue weighted by atomic mass is 16.6. The van der Waals surface area contributed by atoms with Crippen LogP contribution in [-0.2, 0) is 0 Å². The van der Waals surface area contributed by atoms with Gasteiger partial charge in [-0.3, -0.25) is 10.1 Å². The molecule has 1 heterocycles. The zero-order valence-electron chi connectivity index (χ0n) is 11.9. The van der Waals surface area contributed by atoms with Gasteiger partial charge in [-0.2, -0.15) is 0 Å². The van der Waals surface area contributed by atoms with Crippen LogP contribution in [0.2, 0.25) is 0 Å². The first-order valence-electron chi connectivity index (χ1n) is 5.94. The lowest BCUT2D eigenvalue weighted by atomic mass is 10.4. The molecule has 0 amide bonds. The Kier molecular flexibility index (Phi) is 0.893. The molecule has 1 aromatic rings. The molecule has 1 aromatic heterocycles. The summed E-state index contributed by atoms with van der Waals surface area (Å²) in [5.41, 5.74) is -0.432. The summed E-state index contributed by atoms with van der Waals surface area (Å²) in [4.78, 5) is 13.4. The Morgan fingerprint density at radius 3 is 3.08 bits per heavy atom. The standard InChI is InChI=1S/C7H9N3O2/c1-9(2)7-5-6(10(11)12)3-4-8-7/h3-5H,1-2H3/i1D3,2D3. The van der Waals surface area contributed by atoms with E-state index >= 15 is 0 Å². The van der Waals surface area contributed by atoms with Crippen LogP contribution in [0, 0.1) is 10.1 Å². The summed E-state index contributed by atoms with van der Waals surface area (Å²) >= 11 is 0. The summed E-state index contributed by atoms with van der Waals surface area (Å²) in [7, 11) is 0. The normalized spacial score (nSPS) is 19.0. The van der Waals surface area contributed by atoms with E-state index in [9.17, 15) is 10.1 Å². The summed E-state index contributed by atoms with van der Waals surface area (Å²) in [5.74, 6) is -0.496. The van der Waals surface area contributed by atoms with Crippen molar-refractivity contribution < 1.29 is 13.1 Å². The molecule has 0 spiro atoms. The van der Waals surface area contributed by atoms with Crippen molar-refractivity contribution in [2.45, 2.75) is 0 Å². The van der Waals surface area contributed by atoms with Gasteiger partial charge in [-0.15, -0.1) is 0 Å². The highest BCUT2D eigenvalue weighted by Gasteiger charge is 2.06. The molecule has 5 heteroatoms. The van der Waals surface area contributed by atoms with Crippen LogP contribution in [0.1, 0.15) is 8.22 Å². The lowest BCUT2D eigenvalue weighted by molar-refractivity contribution is -0.384. The molecule has 0 saturated heterocycles. The topological polar surface area (TPSA) is 59.3 Å². The Labute approximate surface area is 78.2 Å². The Hall–Kier alpha value is -1.65. The van der Waals surface area contributed by atoms with E-state index in [1.807, 2.05) is 0 Å². The predicted octanol–water partition coefficient (Wildman–Crippen LogP) is 1.06. The fourth-order valence-corrected chi connectivity index (χ4v) is 0.643. The number of nitro groups is 1. The van der Waals surface area contributed by atoms with Crippen molar-refractivity contribution in [3.8, 4) is 0 Å². The van der Waals surface area contributed by atoms with Crippen molar-refractivity contribution in [2.24, 2.45) is 0 Å². The van der Waals surface area contributed by atoms with E-state index in [0.29, 0.717) is 0 Å². The second-order valence-electron chi connectivity index (χ2n) is 1.96. The minimum absolute atomic E-state index is 0.0903. The van der Waals surface area contributed by atoms with Crippen LogP contribution in [0.3, 0.4) is 0 Å². The number of hydrogen-bond acceptors (Lipinski definition) is 4. The number of nitrogens with zero attached hydrogens (tertiary/aromatic N) is 3. The molecule has 0 aliphatic heterocycles. The second kappa shape index (κ2) is 3.17. The summed E-state index contributed by atoms with van der Waals surface area (Å²) in [5, 5.41) is 10.6. The zero-order chi connectivity index (χ0) is 14.1. The first-order valence-corrected chi connectivity index (χ1v) is 2.94. The lowest BCUT2D eigenvalue weighted by Gasteiger charge is -2.09. The molecule has 0 radical (unpaired) electrons. The van der Waals surface area contributed by atoms with E-state index in [-0.39, 0.29) is 4.90 Å². The fraction of sp³-hybridized carbons (Fsp3) is 0.286. The Morgan fingerprint density at radius 1 is 1.75 bits per heavy atom. The van der Waals surface area contributed by atoms with E-state index < -0.39 is 30.4 Å². The van der Waals surface area contributed by atoms with Gasteiger partial charge in [0.2, 0.25) is 0 Å². The third-order valence-electron chi connectivity index (χ3n) is 1.17. The minimum atomic E-state index is -2.98. The van der Waals surface area contributed by atoms with Crippen molar-refractivity contribution >= 4 is 11.5 Å². The highest BCUT2D eigenvalue weighted by molar-refractivity contribution is 5.45. The fourth-order valence-electron chi connectivity index (χ4n) is 0.643. The molecular weight excluding hydrogens is 158 g/mol. The largest absolute Gasteiger partial charge is 0.363 e. The van der Waals surface area contributed by atoms with Gasteiger partial charge in [0.1, 0.15) is 5.82 Å². The Balaban J connectivity index is 3.31. The third-order valence-corrected chi connectivity index (χ3v) is 1.17. The molecule has 5 nitrogen and oxygen atoms in total. The zero-order valence-corrected chi connectivity index (χ0v) is 5.89. The van der Waals surface area contributed by atoms with Crippen molar-refractivity contribution in [2.75, 3.05) is 18.9 Å². The van der Waals surface area contributed by atoms with Gasteiger partial charge < -0.3 is 4.90 Å². The third kappa shape index (κ3) is 1.69. The van der Waals surface area contributed by atoms with E-state index in [4.69, 9.17) is 8.22 Å². The molecule has 0 saturated carbocycles. The molecule has 0 atom stereocenters. The summed E-state index contributed by atoms with van der Waals surface area (Å²) in [6.07, 6.45) is 0.984. The van der Waals surface area contributed by atoms with Gasteiger partial charge in [0.15, 0.2) is 0 Å². The van der Waals surface area contributed by atoms with Crippen LogP contribution < -0.4 is 4.90 Å². The van der Waals surface area contributed by atoms with Crippen molar-refractivity contribution in [3.05, 3.63) is 28.4 Å². The van der Waals surface area contributed by atoms with Gasteiger partial charge in [-0.25, -0.2) is 4.98 Å². The SMILES string of the molecule is [2H]C([2H])([2H])N(c1cc([N+](=O)[O-])ccn1)C([2H])([2H])[2H]. The van der Waals surface area contributed by atoms with Gasteiger partial charge in [-0.05, 0) is 0 Å². The average molecular weight is 173 g/mol. The first kappa shape index (κ1) is 3.38. The monoisotopic (exact) mass is 173 g/mol. The van der Waals surface area contributed by atoms with Crippen LogP contribution in [0.5, 0.6) is 0 Å². The highest BCUT2D eigenvalue weighted by Crippen LogP contribution is 2.15. The van der Waals surface area contributed by atoms with E-state index in [2.05, 4.69) is 4.98 Å². The van der Waals surface area contributed by atoms with Gasteiger partial charge >= 0.3 is 0 Å². The van der Waals surface area contributed by atoms with Gasteiger partial charge in [-0.1, -0.05) is 0 Å². The molecule has 1 rings (SSSR count). The van der Waals surface area contributed by atoms with Crippen LogP contribution in [0.15, 0.2) is 18.3 Å². The van der Waals surface area contributed by atoms with Crippen molar-refractivity contribution in [3.63, 3.8) is 0 Å². The van der Waals surface area contributed by atoms with E-state index in [1.165, 1.54) is 0 Å². The number of rotatable bonds is 2. The predicted molar refractivity (Wildman–Crippen MR) is 45.2 cm³/mol. The first-order chi connectivity index (χ1) is 8.03. The molecule has 0 unspecified atom stereocenters. The van der Waals surface area contributed by atoms with Crippen molar-refractivity contribution in [1.29, 1.82) is 0 Å². The lowest BCUT2D eigenvalue weighted by Crippen LogP contribution is -2.10. The number of hydrogen-bond donors (Lipinski definition) is 0. The number of pyridine rings is 1. The Morgan fingerprint density at radius 2 is 2.50 bits per heavy atom. The summed E-state index contributed by atoms with van der Waals surface area (Å²) in [6, 6.07) is 1.85. The summed E-state index contributed by atoms with van der Waals surface area (Å²) in [6.45, 7) is -5.96. The maximum Gasteiger partial charge on any atom is 0.274 e. The molecule has 0 aliphatic rings. The summed E-state index contributed by atoms with van der Waals surface area (Å²) < 4.78 is 42.9. The van der Waals surface area contributed by atoms with Gasteiger partial charge in [0.25, 0.3) is 5.69 Å². The molecule has 0 aromatic carbocycles. The molecule has 0 fully saturated rings. The second-order valence-corrected chi connectivity index (χ2v) is 1.96. The average Bonchev–Trinajstić information content (AvgIpc) is 2.13. The van der Waals surface area contributed by atoms with Crippen molar-refractivity contribution in [1.82, 2.24) is 4.98 Å². The van der Waals surface area contributed by atoms with Crippen LogP contribution in [0.25, 0.3) is 0 Å². The molecular formula is C7H9N3O2. The van der Waals surface area contributed by atoms with Crippen LogP contribution in [0.4, 0.5) is 11.5 Å². The molecule has 0 bridgehead atoms. The Bertz CT molecular complexity index is 443. The minimum Gasteiger partial charge on any atom is -0.363 e. The van der Waals surface area contributed by atoms with E-state index in [0.717, 1.165) is 18.3 Å². The molecule has 0 N–H and O–H groups in total. The number of aromatic nitrogens is 1. The quantitative estimate of drug-likeness (QED) is 0.495. The van der Waals surface area contributed by atoms with Crippen LogP contribution in [-0.4, -0.2) is 23.9 Å². The van der Waals surface area contributed by atoms with Gasteiger partial charge in [0, 0.05) is 34.4 Å². The van der Waals surface area contributed by atoms with Gasteiger partial charge in [0.05, 0.1) is 11.0 Å². The maximum atomic E-state index is 10.6. The van der Waals surface area contributed by atoms with Crippen LogP contribution >= 0.6 is 0 Å². The van der Waals surface area contributed by atoms with E-state index in [1.54, 1.807) is 0 Å². The molecule has 12 heavy (non-hydrogen) atoms. The maximum absolute atomic E-state index is 10.6. The number of anilines is 1. The smallest absolute Gasteiger partial charge is 0.274 e.